The van der Waals surface area contributed by atoms with Crippen LogP contribution in [0.15, 0.2) is 115 Å². The second-order valence-corrected chi connectivity index (χ2v) is 9.26. The van der Waals surface area contributed by atoms with Crippen LogP contribution in [-0.4, -0.2) is 29.9 Å². The fourth-order valence-electron chi connectivity index (χ4n) is 4.42. The summed E-state index contributed by atoms with van der Waals surface area (Å²) >= 11 is 0. The summed E-state index contributed by atoms with van der Waals surface area (Å²) in [6.45, 7) is 0.730. The van der Waals surface area contributed by atoms with Gasteiger partial charge in [-0.2, -0.15) is 0 Å². The maximum absolute atomic E-state index is 13.8. The minimum Gasteiger partial charge on any atom is -0.497 e. The molecule has 0 saturated heterocycles. The van der Waals surface area contributed by atoms with Crippen LogP contribution in [-0.2, 0) is 35.5 Å². The molecule has 194 valence electrons. The Morgan fingerprint density at radius 3 is 1.84 bits per heavy atom. The second-order valence-electron chi connectivity index (χ2n) is 9.26. The van der Waals surface area contributed by atoms with E-state index in [-0.39, 0.29) is 11.8 Å². The molecule has 4 aromatic carbocycles. The molecule has 0 saturated carbocycles. The lowest BCUT2D eigenvalue weighted by Crippen LogP contribution is -2.50. The van der Waals surface area contributed by atoms with Gasteiger partial charge in [0.1, 0.15) is 11.8 Å². The average molecular weight is 507 g/mol. The zero-order valence-electron chi connectivity index (χ0n) is 21.8. The lowest BCUT2D eigenvalue weighted by molar-refractivity contribution is -0.141. The van der Waals surface area contributed by atoms with Gasteiger partial charge in [0, 0.05) is 25.9 Å². The minimum absolute atomic E-state index is 0.0551. The van der Waals surface area contributed by atoms with Crippen molar-refractivity contribution in [3.63, 3.8) is 0 Å². The van der Waals surface area contributed by atoms with Crippen LogP contribution in [0.4, 0.5) is 0 Å². The first kappa shape index (κ1) is 26.7. The standard InChI is InChI=1S/C33H34N2O3/c1-38-30-20-17-29(18-21-30)25-35(32(36)22-19-26-11-5-2-6-12-26)31(23-27-13-7-3-8-14-27)33(37)34-24-28-15-9-4-10-16-28/h2-18,20-21,31H,19,22-25H2,1H3,(H,34,37). The summed E-state index contributed by atoms with van der Waals surface area (Å²) in [6, 6.07) is 36.6. The molecule has 0 heterocycles. The normalized spacial score (nSPS) is 11.4. The summed E-state index contributed by atoms with van der Waals surface area (Å²) < 4.78 is 5.30. The summed E-state index contributed by atoms with van der Waals surface area (Å²) in [6.07, 6.45) is 1.36. The summed E-state index contributed by atoms with van der Waals surface area (Å²) in [5, 5.41) is 3.08. The number of carbonyl (C=O) groups is 2. The average Bonchev–Trinajstić information content (AvgIpc) is 2.98. The number of ether oxygens (including phenoxy) is 1. The van der Waals surface area contributed by atoms with Crippen LogP contribution in [0.25, 0.3) is 0 Å². The van der Waals surface area contributed by atoms with Gasteiger partial charge in [-0.1, -0.05) is 103 Å². The molecule has 4 aromatic rings. The fraction of sp³-hybridized carbons (Fsp3) is 0.212. The van der Waals surface area contributed by atoms with Gasteiger partial charge < -0.3 is 15.0 Å². The second kappa shape index (κ2) is 13.8. The zero-order valence-corrected chi connectivity index (χ0v) is 21.8. The van der Waals surface area contributed by atoms with Crippen molar-refractivity contribution in [2.75, 3.05) is 7.11 Å². The summed E-state index contributed by atoms with van der Waals surface area (Å²) in [7, 11) is 1.63. The topological polar surface area (TPSA) is 58.6 Å². The Labute approximate surface area is 225 Å². The molecule has 4 rings (SSSR count). The molecule has 0 aliphatic carbocycles. The van der Waals surface area contributed by atoms with Gasteiger partial charge in [-0.25, -0.2) is 0 Å². The van der Waals surface area contributed by atoms with E-state index in [0.29, 0.717) is 32.4 Å². The van der Waals surface area contributed by atoms with Crippen LogP contribution >= 0.6 is 0 Å². The molecule has 38 heavy (non-hydrogen) atoms. The van der Waals surface area contributed by atoms with Gasteiger partial charge >= 0.3 is 0 Å². The number of carbonyl (C=O) groups excluding carboxylic acids is 2. The molecule has 0 fully saturated rings. The van der Waals surface area contributed by atoms with Crippen molar-refractivity contribution in [1.82, 2.24) is 10.2 Å². The zero-order chi connectivity index (χ0) is 26.6. The van der Waals surface area contributed by atoms with Gasteiger partial charge in [-0.15, -0.1) is 0 Å². The van der Waals surface area contributed by atoms with Gasteiger partial charge in [0.2, 0.25) is 11.8 Å². The maximum Gasteiger partial charge on any atom is 0.243 e. The Bertz CT molecular complexity index is 1280. The van der Waals surface area contributed by atoms with Crippen molar-refractivity contribution in [1.29, 1.82) is 0 Å². The van der Waals surface area contributed by atoms with Gasteiger partial charge in [0.15, 0.2) is 0 Å². The highest BCUT2D eigenvalue weighted by Gasteiger charge is 2.30. The lowest BCUT2D eigenvalue weighted by Gasteiger charge is -2.32. The van der Waals surface area contributed by atoms with Crippen molar-refractivity contribution in [2.45, 2.75) is 38.4 Å². The third-order valence-electron chi connectivity index (χ3n) is 6.56. The Balaban J connectivity index is 1.60. The molecule has 5 nitrogen and oxygen atoms in total. The van der Waals surface area contributed by atoms with Gasteiger partial charge in [-0.05, 0) is 40.8 Å². The summed E-state index contributed by atoms with van der Waals surface area (Å²) in [5.41, 5.74) is 4.05. The van der Waals surface area contributed by atoms with E-state index in [1.165, 1.54) is 0 Å². The van der Waals surface area contributed by atoms with Crippen LogP contribution in [0, 0.1) is 0 Å². The first-order valence-corrected chi connectivity index (χ1v) is 12.9. The Morgan fingerprint density at radius 2 is 1.26 bits per heavy atom. The van der Waals surface area contributed by atoms with E-state index in [4.69, 9.17) is 4.74 Å². The highest BCUT2D eigenvalue weighted by molar-refractivity contribution is 5.88. The number of amides is 2. The van der Waals surface area contributed by atoms with E-state index < -0.39 is 6.04 Å². The van der Waals surface area contributed by atoms with Crippen LogP contribution in [0.1, 0.15) is 28.7 Å². The molecule has 1 N–H and O–H groups in total. The van der Waals surface area contributed by atoms with E-state index in [9.17, 15) is 9.59 Å². The highest BCUT2D eigenvalue weighted by Crippen LogP contribution is 2.19. The van der Waals surface area contributed by atoms with Gasteiger partial charge in [0.05, 0.1) is 7.11 Å². The summed E-state index contributed by atoms with van der Waals surface area (Å²) in [4.78, 5) is 29.2. The van der Waals surface area contributed by atoms with Crippen LogP contribution in [0.3, 0.4) is 0 Å². The first-order valence-electron chi connectivity index (χ1n) is 12.9. The molecule has 1 atom stereocenters. The quantitative estimate of drug-likeness (QED) is 0.273. The molecule has 0 spiro atoms. The van der Waals surface area contributed by atoms with E-state index in [2.05, 4.69) is 5.32 Å². The molecular weight excluding hydrogens is 472 g/mol. The molecule has 0 aliphatic heterocycles. The smallest absolute Gasteiger partial charge is 0.243 e. The van der Waals surface area contributed by atoms with E-state index in [1.807, 2.05) is 115 Å². The number of methoxy groups -OCH3 is 1. The van der Waals surface area contributed by atoms with Gasteiger partial charge in [0.25, 0.3) is 0 Å². The van der Waals surface area contributed by atoms with E-state index in [0.717, 1.165) is 28.0 Å². The molecule has 2 amide bonds. The number of rotatable bonds is 12. The van der Waals surface area contributed by atoms with E-state index >= 15 is 0 Å². The van der Waals surface area contributed by atoms with Crippen molar-refractivity contribution in [3.05, 3.63) is 138 Å². The van der Waals surface area contributed by atoms with Crippen molar-refractivity contribution in [3.8, 4) is 5.75 Å². The SMILES string of the molecule is COc1ccc(CN(C(=O)CCc2ccccc2)C(Cc2ccccc2)C(=O)NCc2ccccc2)cc1. The number of aryl methyl sites for hydroxylation is 1. The monoisotopic (exact) mass is 506 g/mol. The van der Waals surface area contributed by atoms with Crippen molar-refractivity contribution >= 4 is 11.8 Å². The summed E-state index contributed by atoms with van der Waals surface area (Å²) in [5.74, 6) is 0.525. The maximum atomic E-state index is 13.8. The Kier molecular flexibility index (Phi) is 9.69. The van der Waals surface area contributed by atoms with E-state index in [1.54, 1.807) is 12.0 Å². The number of nitrogens with one attached hydrogen (secondary N) is 1. The van der Waals surface area contributed by atoms with Gasteiger partial charge in [-0.3, -0.25) is 9.59 Å². The first-order chi connectivity index (χ1) is 18.6. The highest BCUT2D eigenvalue weighted by atomic mass is 16.5. The van der Waals surface area contributed by atoms with Crippen LogP contribution in [0.2, 0.25) is 0 Å². The van der Waals surface area contributed by atoms with Crippen molar-refractivity contribution in [2.24, 2.45) is 0 Å². The number of nitrogens with zero attached hydrogens (tertiary/aromatic N) is 1. The fourth-order valence-corrected chi connectivity index (χ4v) is 4.42. The Morgan fingerprint density at radius 1 is 0.711 bits per heavy atom. The molecule has 5 heteroatoms. The Hall–Kier alpha value is -4.38. The van der Waals surface area contributed by atoms with Crippen LogP contribution in [0.5, 0.6) is 5.75 Å². The predicted molar refractivity (Wildman–Crippen MR) is 151 cm³/mol. The molecule has 0 bridgehead atoms. The molecule has 0 radical (unpaired) electrons. The van der Waals surface area contributed by atoms with Crippen LogP contribution < -0.4 is 10.1 Å². The third kappa shape index (κ3) is 7.81. The number of hydrogen-bond acceptors (Lipinski definition) is 3. The third-order valence-corrected chi connectivity index (χ3v) is 6.56. The molecule has 1 unspecified atom stereocenters. The lowest BCUT2D eigenvalue weighted by atomic mass is 10.0. The molecular formula is C33H34N2O3. The predicted octanol–water partition coefficient (Wildman–Crippen LogP) is 5.58. The van der Waals surface area contributed by atoms with Crippen molar-refractivity contribution < 1.29 is 14.3 Å². The molecule has 0 aliphatic rings. The largest absolute Gasteiger partial charge is 0.497 e. The molecule has 0 aromatic heterocycles. The minimum atomic E-state index is -0.661. The number of benzene rings is 4. The number of hydrogen-bond donors (Lipinski definition) is 1.